The molecule has 0 rings (SSSR count). The molecule has 2 atom stereocenters. The highest BCUT2D eigenvalue weighted by atomic mass is 16.5. The average Bonchev–Trinajstić information content (AvgIpc) is 2.67. The third-order valence-corrected chi connectivity index (χ3v) is 4.76. The first-order valence-corrected chi connectivity index (χ1v) is 10.8. The van der Waals surface area contributed by atoms with Gasteiger partial charge < -0.3 is 25.2 Å². The van der Waals surface area contributed by atoms with Crippen molar-refractivity contribution in [2.45, 2.75) is 109 Å². The molecular formula is C21H42O6. The molecular weight excluding hydrogens is 348 g/mol. The molecule has 0 saturated heterocycles. The van der Waals surface area contributed by atoms with E-state index in [4.69, 9.17) is 20.1 Å². The lowest BCUT2D eigenvalue weighted by atomic mass is 10.0. The molecule has 4 N–H and O–H groups in total. The molecule has 0 heterocycles. The second-order valence-corrected chi connectivity index (χ2v) is 7.47. The summed E-state index contributed by atoms with van der Waals surface area (Å²) in [7, 11) is 0. The SMILES string of the molecule is O=C(CCCCCCCC(O)CCCCCCCCCO)OC[C@H](O)CO. The van der Waals surface area contributed by atoms with E-state index in [0.29, 0.717) is 13.0 Å². The minimum Gasteiger partial charge on any atom is -0.463 e. The summed E-state index contributed by atoms with van der Waals surface area (Å²) >= 11 is 0. The Labute approximate surface area is 164 Å². The van der Waals surface area contributed by atoms with Gasteiger partial charge in [0, 0.05) is 13.0 Å². The van der Waals surface area contributed by atoms with Gasteiger partial charge in [0.15, 0.2) is 0 Å². The van der Waals surface area contributed by atoms with E-state index in [-0.39, 0.29) is 18.7 Å². The van der Waals surface area contributed by atoms with Gasteiger partial charge in [-0.1, -0.05) is 64.2 Å². The quantitative estimate of drug-likeness (QED) is 0.188. The van der Waals surface area contributed by atoms with Gasteiger partial charge in [0.05, 0.1) is 12.7 Å². The molecule has 162 valence electrons. The van der Waals surface area contributed by atoms with Crippen LogP contribution in [-0.2, 0) is 9.53 Å². The molecule has 0 spiro atoms. The fourth-order valence-corrected chi connectivity index (χ4v) is 3.01. The van der Waals surface area contributed by atoms with Gasteiger partial charge in [0.25, 0.3) is 0 Å². The van der Waals surface area contributed by atoms with Crippen LogP contribution in [0.5, 0.6) is 0 Å². The van der Waals surface area contributed by atoms with Crippen LogP contribution < -0.4 is 0 Å². The second-order valence-electron chi connectivity index (χ2n) is 7.47. The standard InChI is InChI=1S/C21H42O6/c22-16-12-8-3-1-2-5-9-13-19(24)14-10-6-4-7-11-15-21(26)27-18-20(25)17-23/h19-20,22-25H,1-18H2/t19?,20-/m1/s1. The zero-order valence-electron chi connectivity index (χ0n) is 17.0. The average molecular weight is 391 g/mol. The van der Waals surface area contributed by atoms with Crippen LogP contribution in [0.4, 0.5) is 0 Å². The van der Waals surface area contributed by atoms with Crippen molar-refractivity contribution in [3.63, 3.8) is 0 Å². The van der Waals surface area contributed by atoms with E-state index in [1.807, 2.05) is 0 Å². The largest absolute Gasteiger partial charge is 0.463 e. The molecule has 0 aromatic carbocycles. The predicted molar refractivity (Wildman–Crippen MR) is 106 cm³/mol. The summed E-state index contributed by atoms with van der Waals surface area (Å²) in [5.74, 6) is -0.327. The molecule has 6 heteroatoms. The van der Waals surface area contributed by atoms with Crippen LogP contribution in [0, 0.1) is 0 Å². The van der Waals surface area contributed by atoms with Crippen LogP contribution in [-0.4, -0.2) is 58.4 Å². The summed E-state index contributed by atoms with van der Waals surface area (Å²) < 4.78 is 4.84. The Morgan fingerprint density at radius 1 is 0.667 bits per heavy atom. The monoisotopic (exact) mass is 390 g/mol. The van der Waals surface area contributed by atoms with Crippen molar-refractivity contribution in [1.29, 1.82) is 0 Å². The normalized spacial score (nSPS) is 13.5. The Bertz CT molecular complexity index is 324. The van der Waals surface area contributed by atoms with Crippen LogP contribution in [0.3, 0.4) is 0 Å². The highest BCUT2D eigenvalue weighted by Gasteiger charge is 2.07. The first kappa shape index (κ1) is 26.3. The van der Waals surface area contributed by atoms with E-state index in [1.54, 1.807) is 0 Å². The summed E-state index contributed by atoms with van der Waals surface area (Å²) in [6, 6.07) is 0. The van der Waals surface area contributed by atoms with Crippen molar-refractivity contribution in [3.8, 4) is 0 Å². The minimum absolute atomic E-state index is 0.142. The number of esters is 1. The number of carbonyl (C=O) groups is 1. The fourth-order valence-electron chi connectivity index (χ4n) is 3.01. The number of aliphatic hydroxyl groups excluding tert-OH is 4. The number of ether oxygens (including phenoxy) is 1. The zero-order chi connectivity index (χ0) is 20.2. The third-order valence-electron chi connectivity index (χ3n) is 4.76. The molecule has 0 radical (unpaired) electrons. The summed E-state index contributed by atoms with van der Waals surface area (Å²) in [6.45, 7) is -0.239. The van der Waals surface area contributed by atoms with E-state index in [2.05, 4.69) is 0 Å². The molecule has 0 bridgehead atoms. The van der Waals surface area contributed by atoms with Crippen LogP contribution in [0.25, 0.3) is 0 Å². The Morgan fingerprint density at radius 3 is 1.67 bits per heavy atom. The first-order valence-electron chi connectivity index (χ1n) is 10.8. The Kier molecular flexibility index (Phi) is 19.5. The maximum Gasteiger partial charge on any atom is 0.305 e. The highest BCUT2D eigenvalue weighted by molar-refractivity contribution is 5.69. The molecule has 0 aliphatic rings. The Balaban J connectivity index is 3.29. The number of hydrogen-bond acceptors (Lipinski definition) is 6. The van der Waals surface area contributed by atoms with Gasteiger partial charge in [-0.3, -0.25) is 4.79 Å². The second kappa shape index (κ2) is 20.1. The molecule has 6 nitrogen and oxygen atoms in total. The van der Waals surface area contributed by atoms with Crippen LogP contribution >= 0.6 is 0 Å². The van der Waals surface area contributed by atoms with Crippen molar-refractivity contribution >= 4 is 5.97 Å². The van der Waals surface area contributed by atoms with Crippen molar-refractivity contribution in [3.05, 3.63) is 0 Å². The van der Waals surface area contributed by atoms with Crippen molar-refractivity contribution in [1.82, 2.24) is 0 Å². The molecule has 27 heavy (non-hydrogen) atoms. The topological polar surface area (TPSA) is 107 Å². The van der Waals surface area contributed by atoms with Crippen LogP contribution in [0.15, 0.2) is 0 Å². The number of carbonyl (C=O) groups excluding carboxylic acids is 1. The number of rotatable bonds is 20. The fraction of sp³-hybridized carbons (Fsp3) is 0.952. The summed E-state index contributed by atoms with van der Waals surface area (Å²) in [5.41, 5.74) is 0. The predicted octanol–water partition coefficient (Wildman–Crippen LogP) is 3.09. The highest BCUT2D eigenvalue weighted by Crippen LogP contribution is 2.14. The van der Waals surface area contributed by atoms with E-state index >= 15 is 0 Å². The van der Waals surface area contributed by atoms with Gasteiger partial charge in [-0.15, -0.1) is 0 Å². The van der Waals surface area contributed by atoms with Crippen LogP contribution in [0.1, 0.15) is 96.3 Å². The van der Waals surface area contributed by atoms with E-state index in [0.717, 1.165) is 64.2 Å². The van der Waals surface area contributed by atoms with E-state index in [1.165, 1.54) is 25.7 Å². The van der Waals surface area contributed by atoms with E-state index < -0.39 is 12.7 Å². The first-order chi connectivity index (χ1) is 13.1. The van der Waals surface area contributed by atoms with Gasteiger partial charge in [-0.25, -0.2) is 0 Å². The van der Waals surface area contributed by atoms with Crippen molar-refractivity contribution in [2.75, 3.05) is 19.8 Å². The lowest BCUT2D eigenvalue weighted by Gasteiger charge is -2.10. The summed E-state index contributed by atoms with van der Waals surface area (Å²) in [4.78, 5) is 11.4. The third kappa shape index (κ3) is 19.9. The number of hydrogen-bond donors (Lipinski definition) is 4. The van der Waals surface area contributed by atoms with Gasteiger partial charge in [0.1, 0.15) is 12.7 Å². The molecule has 0 fully saturated rings. The molecule has 0 saturated carbocycles. The van der Waals surface area contributed by atoms with Crippen molar-refractivity contribution < 1.29 is 30.0 Å². The molecule has 0 aliphatic heterocycles. The minimum atomic E-state index is -0.989. The molecule has 0 aromatic heterocycles. The van der Waals surface area contributed by atoms with Gasteiger partial charge in [-0.2, -0.15) is 0 Å². The number of unbranched alkanes of at least 4 members (excludes halogenated alkanes) is 10. The summed E-state index contributed by atoms with van der Waals surface area (Å²) in [5, 5.41) is 36.4. The lowest BCUT2D eigenvalue weighted by Crippen LogP contribution is -2.21. The van der Waals surface area contributed by atoms with E-state index in [9.17, 15) is 9.90 Å². The maximum atomic E-state index is 11.4. The molecule has 0 aromatic rings. The maximum absolute atomic E-state index is 11.4. The Hall–Kier alpha value is -0.690. The van der Waals surface area contributed by atoms with Crippen molar-refractivity contribution in [2.24, 2.45) is 0 Å². The number of aliphatic hydroxyl groups is 4. The molecule has 0 aliphatic carbocycles. The molecule has 0 amide bonds. The van der Waals surface area contributed by atoms with Gasteiger partial charge in [0.2, 0.25) is 0 Å². The zero-order valence-corrected chi connectivity index (χ0v) is 17.0. The van der Waals surface area contributed by atoms with Gasteiger partial charge >= 0.3 is 5.97 Å². The van der Waals surface area contributed by atoms with Gasteiger partial charge in [-0.05, 0) is 25.7 Å². The lowest BCUT2D eigenvalue weighted by molar-refractivity contribution is -0.147. The molecule has 1 unspecified atom stereocenters. The summed E-state index contributed by atoms with van der Waals surface area (Å²) in [6.07, 6.45) is 13.8. The smallest absolute Gasteiger partial charge is 0.305 e. The Morgan fingerprint density at radius 2 is 1.15 bits per heavy atom. The van der Waals surface area contributed by atoms with Crippen LogP contribution in [0.2, 0.25) is 0 Å².